The molecule has 0 aromatic carbocycles. The van der Waals surface area contributed by atoms with E-state index >= 15 is 0 Å². The largest absolute Gasteiger partial charge is 0.299 e. The molecular weight excluding hydrogens is 182 g/mol. The molecule has 1 saturated heterocycles. The second kappa shape index (κ2) is 4.88. The second-order valence-corrected chi connectivity index (χ2v) is 3.63. The molecule has 2 amide bonds. The van der Waals surface area contributed by atoms with Gasteiger partial charge in [0.25, 0.3) is 0 Å². The average Bonchev–Trinajstić information content (AvgIpc) is 2.28. The molecule has 78 valence electrons. The highest BCUT2D eigenvalue weighted by molar-refractivity contribution is 6.04. The van der Waals surface area contributed by atoms with Crippen LogP contribution in [-0.2, 0) is 14.4 Å². The van der Waals surface area contributed by atoms with Gasteiger partial charge in [0.1, 0.15) is 5.78 Å². The van der Waals surface area contributed by atoms with Crippen LogP contribution in [-0.4, -0.2) is 29.0 Å². The molecule has 0 aromatic heterocycles. The molecule has 0 aromatic rings. The van der Waals surface area contributed by atoms with Gasteiger partial charge in [-0.05, 0) is 19.8 Å². The SMILES string of the molecule is CC(=O)CC(=O)N1CCCCCC1=O. The van der Waals surface area contributed by atoms with Crippen LogP contribution in [0, 0.1) is 0 Å². The number of amides is 2. The first kappa shape index (κ1) is 10.9. The van der Waals surface area contributed by atoms with Crippen LogP contribution < -0.4 is 0 Å². The Hall–Kier alpha value is -1.19. The number of Topliss-reactive ketones (excluding diaryl/α,β-unsaturated/α-hetero) is 1. The average molecular weight is 197 g/mol. The first-order valence-electron chi connectivity index (χ1n) is 4.94. The Kier molecular flexibility index (Phi) is 3.80. The fourth-order valence-electron chi connectivity index (χ4n) is 1.55. The Morgan fingerprint density at radius 3 is 2.64 bits per heavy atom. The van der Waals surface area contributed by atoms with Gasteiger partial charge in [-0.15, -0.1) is 0 Å². The normalized spacial score (nSPS) is 17.8. The van der Waals surface area contributed by atoms with Crippen LogP contribution in [0.1, 0.15) is 39.0 Å². The highest BCUT2D eigenvalue weighted by Gasteiger charge is 2.23. The molecule has 0 N–H and O–H groups in total. The molecule has 0 unspecified atom stereocenters. The molecule has 0 radical (unpaired) electrons. The van der Waals surface area contributed by atoms with Crippen molar-refractivity contribution in [1.82, 2.24) is 4.90 Å². The summed E-state index contributed by atoms with van der Waals surface area (Å²) in [4.78, 5) is 34.8. The van der Waals surface area contributed by atoms with Gasteiger partial charge in [-0.3, -0.25) is 19.3 Å². The lowest BCUT2D eigenvalue weighted by molar-refractivity contribution is -0.145. The number of imide groups is 1. The third-order valence-corrected chi connectivity index (χ3v) is 2.27. The van der Waals surface area contributed by atoms with E-state index < -0.39 is 0 Å². The minimum atomic E-state index is -0.343. The molecule has 1 aliphatic heterocycles. The number of carbonyl (C=O) groups excluding carboxylic acids is 3. The minimum Gasteiger partial charge on any atom is -0.299 e. The quantitative estimate of drug-likeness (QED) is 0.618. The molecule has 1 heterocycles. The van der Waals surface area contributed by atoms with Crippen molar-refractivity contribution in [3.05, 3.63) is 0 Å². The van der Waals surface area contributed by atoms with Gasteiger partial charge in [0.15, 0.2) is 0 Å². The third-order valence-electron chi connectivity index (χ3n) is 2.27. The number of ketones is 1. The van der Waals surface area contributed by atoms with Crippen molar-refractivity contribution in [3.8, 4) is 0 Å². The Morgan fingerprint density at radius 2 is 2.00 bits per heavy atom. The van der Waals surface area contributed by atoms with E-state index in [9.17, 15) is 14.4 Å². The van der Waals surface area contributed by atoms with E-state index in [2.05, 4.69) is 0 Å². The van der Waals surface area contributed by atoms with Crippen LogP contribution in [0.2, 0.25) is 0 Å². The highest BCUT2D eigenvalue weighted by atomic mass is 16.2. The summed E-state index contributed by atoms with van der Waals surface area (Å²) in [6.45, 7) is 1.84. The molecule has 14 heavy (non-hydrogen) atoms. The summed E-state index contributed by atoms with van der Waals surface area (Å²) in [6.07, 6.45) is 2.98. The molecule has 0 bridgehead atoms. The van der Waals surface area contributed by atoms with Crippen molar-refractivity contribution < 1.29 is 14.4 Å². The van der Waals surface area contributed by atoms with E-state index in [1.54, 1.807) is 0 Å². The Bertz CT molecular complexity index is 260. The maximum absolute atomic E-state index is 11.5. The van der Waals surface area contributed by atoms with Crippen LogP contribution >= 0.6 is 0 Å². The van der Waals surface area contributed by atoms with Gasteiger partial charge in [0, 0.05) is 13.0 Å². The fraction of sp³-hybridized carbons (Fsp3) is 0.700. The van der Waals surface area contributed by atoms with Crippen LogP contribution in [0.3, 0.4) is 0 Å². The molecule has 1 rings (SSSR count). The van der Waals surface area contributed by atoms with E-state index in [0.717, 1.165) is 19.3 Å². The number of rotatable bonds is 2. The summed E-state index contributed by atoms with van der Waals surface area (Å²) in [5, 5.41) is 0. The van der Waals surface area contributed by atoms with Crippen LogP contribution in [0.5, 0.6) is 0 Å². The zero-order chi connectivity index (χ0) is 10.6. The summed E-state index contributed by atoms with van der Waals surface area (Å²) < 4.78 is 0. The maximum Gasteiger partial charge on any atom is 0.236 e. The summed E-state index contributed by atoms with van der Waals surface area (Å²) in [5.74, 6) is -0.662. The summed E-state index contributed by atoms with van der Waals surface area (Å²) >= 11 is 0. The molecule has 1 fully saturated rings. The monoisotopic (exact) mass is 197 g/mol. The Labute approximate surface area is 83.3 Å². The fourth-order valence-corrected chi connectivity index (χ4v) is 1.55. The van der Waals surface area contributed by atoms with E-state index in [4.69, 9.17) is 0 Å². The van der Waals surface area contributed by atoms with Crippen molar-refractivity contribution in [3.63, 3.8) is 0 Å². The van der Waals surface area contributed by atoms with Gasteiger partial charge < -0.3 is 0 Å². The standard InChI is InChI=1S/C10H15NO3/c1-8(12)7-10(14)11-6-4-2-3-5-9(11)13/h2-7H2,1H3. The molecule has 0 aliphatic carbocycles. The summed E-state index contributed by atoms with van der Waals surface area (Å²) in [5.41, 5.74) is 0. The van der Waals surface area contributed by atoms with Crippen LogP contribution in [0.25, 0.3) is 0 Å². The summed E-state index contributed by atoms with van der Waals surface area (Å²) in [7, 11) is 0. The number of likely N-dealkylation sites (tertiary alicyclic amines) is 1. The molecule has 0 spiro atoms. The third kappa shape index (κ3) is 2.94. The first-order chi connectivity index (χ1) is 6.61. The predicted octanol–water partition coefficient (Wildman–Crippen LogP) is 0.895. The number of nitrogens with zero attached hydrogens (tertiary/aromatic N) is 1. The highest BCUT2D eigenvalue weighted by Crippen LogP contribution is 2.12. The minimum absolute atomic E-state index is 0.131. The zero-order valence-corrected chi connectivity index (χ0v) is 8.41. The van der Waals surface area contributed by atoms with Gasteiger partial charge in [-0.1, -0.05) is 6.42 Å². The van der Waals surface area contributed by atoms with Crippen molar-refractivity contribution >= 4 is 17.6 Å². The summed E-state index contributed by atoms with van der Waals surface area (Å²) in [6, 6.07) is 0. The van der Waals surface area contributed by atoms with E-state index in [1.807, 2.05) is 0 Å². The lowest BCUT2D eigenvalue weighted by Gasteiger charge is -2.17. The van der Waals surface area contributed by atoms with Crippen molar-refractivity contribution in [2.45, 2.75) is 39.0 Å². The van der Waals surface area contributed by atoms with Crippen molar-refractivity contribution in [2.24, 2.45) is 0 Å². The van der Waals surface area contributed by atoms with Gasteiger partial charge in [0.2, 0.25) is 11.8 Å². The van der Waals surface area contributed by atoms with E-state index in [-0.39, 0.29) is 24.0 Å². The van der Waals surface area contributed by atoms with Crippen molar-refractivity contribution in [2.75, 3.05) is 6.54 Å². The molecule has 0 saturated carbocycles. The van der Waals surface area contributed by atoms with Gasteiger partial charge in [-0.25, -0.2) is 0 Å². The molecule has 1 aliphatic rings. The number of hydrogen-bond donors (Lipinski definition) is 0. The van der Waals surface area contributed by atoms with Gasteiger partial charge in [0.05, 0.1) is 6.42 Å². The van der Waals surface area contributed by atoms with E-state index in [1.165, 1.54) is 11.8 Å². The number of hydrogen-bond acceptors (Lipinski definition) is 3. The molecular formula is C10H15NO3. The van der Waals surface area contributed by atoms with Crippen LogP contribution in [0.15, 0.2) is 0 Å². The molecule has 0 atom stereocenters. The lowest BCUT2D eigenvalue weighted by Crippen LogP contribution is -2.37. The predicted molar refractivity (Wildman–Crippen MR) is 50.5 cm³/mol. The van der Waals surface area contributed by atoms with E-state index in [0.29, 0.717) is 13.0 Å². The Balaban J connectivity index is 2.59. The van der Waals surface area contributed by atoms with Crippen molar-refractivity contribution in [1.29, 1.82) is 0 Å². The van der Waals surface area contributed by atoms with Gasteiger partial charge in [-0.2, -0.15) is 0 Å². The topological polar surface area (TPSA) is 54.5 Å². The lowest BCUT2D eigenvalue weighted by atomic mass is 10.2. The zero-order valence-electron chi connectivity index (χ0n) is 8.41. The molecule has 4 nitrogen and oxygen atoms in total. The Morgan fingerprint density at radius 1 is 1.29 bits per heavy atom. The van der Waals surface area contributed by atoms with Crippen LogP contribution in [0.4, 0.5) is 0 Å². The van der Waals surface area contributed by atoms with Gasteiger partial charge >= 0.3 is 0 Å². The smallest absolute Gasteiger partial charge is 0.236 e. The second-order valence-electron chi connectivity index (χ2n) is 3.63. The maximum atomic E-state index is 11.5. The molecule has 4 heteroatoms. The first-order valence-corrected chi connectivity index (χ1v) is 4.94. The number of carbonyl (C=O) groups is 3.